The van der Waals surface area contributed by atoms with Crippen LogP contribution in [0.2, 0.25) is 0 Å². The van der Waals surface area contributed by atoms with Crippen molar-refractivity contribution < 1.29 is 19.1 Å². The number of halogens is 1. The Hall–Kier alpha value is -2.87. The van der Waals surface area contributed by atoms with Gasteiger partial charge in [0.2, 0.25) is 11.8 Å². The van der Waals surface area contributed by atoms with Crippen molar-refractivity contribution >= 4 is 39.6 Å². The number of ether oxygens (including phenoxy) is 2. The highest BCUT2D eigenvalue weighted by Gasteiger charge is 2.10. The number of benzene rings is 2. The molecule has 0 saturated carbocycles. The summed E-state index contributed by atoms with van der Waals surface area (Å²) in [6.45, 7) is 1.97. The van der Waals surface area contributed by atoms with Gasteiger partial charge in [0, 0.05) is 18.5 Å². The van der Waals surface area contributed by atoms with Crippen molar-refractivity contribution in [2.24, 2.45) is 5.10 Å². The molecule has 0 fully saturated rings. The summed E-state index contributed by atoms with van der Waals surface area (Å²) in [6.07, 6.45) is 1.58. The van der Waals surface area contributed by atoms with E-state index >= 15 is 0 Å². The number of hydrazone groups is 1. The summed E-state index contributed by atoms with van der Waals surface area (Å²) in [4.78, 5) is 23.8. The van der Waals surface area contributed by atoms with E-state index in [0.29, 0.717) is 27.2 Å². The Bertz CT molecular complexity index is 866. The molecule has 2 amide bonds. The fraction of sp³-hybridized carbons (Fsp3) is 0.250. The maximum atomic E-state index is 11.9. The first-order valence-corrected chi connectivity index (χ1v) is 9.32. The van der Waals surface area contributed by atoms with Gasteiger partial charge in [-0.05, 0) is 52.7 Å². The number of aryl methyl sites for hydroxylation is 1. The molecule has 148 valence electrons. The van der Waals surface area contributed by atoms with E-state index in [0.717, 1.165) is 5.56 Å². The number of nitrogens with zero attached hydrogens (tertiary/aromatic N) is 1. The molecule has 0 atom stereocenters. The Morgan fingerprint density at radius 3 is 2.39 bits per heavy atom. The average Bonchev–Trinajstić information content (AvgIpc) is 2.67. The lowest BCUT2D eigenvalue weighted by molar-refractivity contribution is -0.124. The third-order valence-electron chi connectivity index (χ3n) is 3.77. The van der Waals surface area contributed by atoms with Gasteiger partial charge in [0.25, 0.3) is 0 Å². The number of carbonyl (C=O) groups is 2. The monoisotopic (exact) mass is 447 g/mol. The summed E-state index contributed by atoms with van der Waals surface area (Å²) in [7, 11) is 3.08. The molecule has 0 bridgehead atoms. The second-order valence-electron chi connectivity index (χ2n) is 5.95. The van der Waals surface area contributed by atoms with Crippen LogP contribution in [0.15, 0.2) is 46.0 Å². The molecule has 0 aromatic heterocycles. The van der Waals surface area contributed by atoms with Gasteiger partial charge in [-0.3, -0.25) is 9.59 Å². The number of methoxy groups -OCH3 is 2. The van der Waals surface area contributed by atoms with Gasteiger partial charge < -0.3 is 14.8 Å². The lowest BCUT2D eigenvalue weighted by Crippen LogP contribution is -2.20. The first kappa shape index (κ1) is 21.4. The molecule has 2 rings (SSSR count). The molecule has 0 aliphatic heterocycles. The zero-order valence-electron chi connectivity index (χ0n) is 15.9. The van der Waals surface area contributed by atoms with Crippen molar-refractivity contribution in [1.82, 2.24) is 5.43 Å². The maximum absolute atomic E-state index is 11.9. The summed E-state index contributed by atoms with van der Waals surface area (Å²) >= 11 is 3.39. The van der Waals surface area contributed by atoms with Gasteiger partial charge in [-0.15, -0.1) is 0 Å². The minimum Gasteiger partial charge on any atom is -0.493 e. The number of anilines is 1. The molecule has 7 nitrogen and oxygen atoms in total. The van der Waals surface area contributed by atoms with E-state index in [1.165, 1.54) is 13.3 Å². The van der Waals surface area contributed by atoms with E-state index in [4.69, 9.17) is 9.47 Å². The van der Waals surface area contributed by atoms with Gasteiger partial charge in [-0.2, -0.15) is 5.10 Å². The van der Waals surface area contributed by atoms with E-state index in [2.05, 4.69) is 31.8 Å². The predicted molar refractivity (Wildman–Crippen MR) is 112 cm³/mol. The van der Waals surface area contributed by atoms with Crippen molar-refractivity contribution in [2.75, 3.05) is 19.5 Å². The molecule has 2 aromatic carbocycles. The summed E-state index contributed by atoms with van der Waals surface area (Å²) in [6, 6.07) is 11.0. The molecule has 28 heavy (non-hydrogen) atoms. The van der Waals surface area contributed by atoms with Gasteiger partial charge in [0.15, 0.2) is 11.5 Å². The van der Waals surface area contributed by atoms with Gasteiger partial charge in [0.1, 0.15) is 0 Å². The van der Waals surface area contributed by atoms with Crippen LogP contribution < -0.4 is 20.2 Å². The molecule has 8 heteroatoms. The fourth-order valence-electron chi connectivity index (χ4n) is 2.33. The number of nitrogens with one attached hydrogen (secondary N) is 2. The Kier molecular flexibility index (Phi) is 8.01. The van der Waals surface area contributed by atoms with Crippen LogP contribution in [-0.4, -0.2) is 32.2 Å². The molecule has 2 aromatic rings. The first-order valence-electron chi connectivity index (χ1n) is 8.53. The standard InChI is InChI=1S/C20H22BrN3O4/c1-13-4-6-15(7-5-13)23-18(25)8-9-19(26)24-22-12-14-10-16(21)20(28-3)17(11-14)27-2/h4-7,10-12H,8-9H2,1-3H3,(H,23,25)(H,24,26)/b22-12+. The van der Waals surface area contributed by atoms with Crippen LogP contribution in [0.25, 0.3) is 0 Å². The fourth-order valence-corrected chi connectivity index (χ4v) is 2.96. The number of carbonyl (C=O) groups excluding carboxylic acids is 2. The summed E-state index contributed by atoms with van der Waals surface area (Å²) in [5, 5.41) is 6.66. The topological polar surface area (TPSA) is 89.0 Å². The van der Waals surface area contributed by atoms with Gasteiger partial charge in [0.05, 0.1) is 24.9 Å². The SMILES string of the molecule is COc1cc(/C=N/NC(=O)CCC(=O)Nc2ccc(C)cc2)cc(Br)c1OC. The second-order valence-corrected chi connectivity index (χ2v) is 6.80. The third kappa shape index (κ3) is 6.38. The lowest BCUT2D eigenvalue weighted by atomic mass is 10.2. The zero-order valence-corrected chi connectivity index (χ0v) is 17.5. The first-order chi connectivity index (χ1) is 13.4. The Balaban J connectivity index is 1.82. The van der Waals surface area contributed by atoms with E-state index in [-0.39, 0.29) is 24.7 Å². The van der Waals surface area contributed by atoms with Gasteiger partial charge in [-0.25, -0.2) is 5.43 Å². The van der Waals surface area contributed by atoms with E-state index < -0.39 is 0 Å². The smallest absolute Gasteiger partial charge is 0.240 e. The molecule has 0 saturated heterocycles. The van der Waals surface area contributed by atoms with E-state index in [1.54, 1.807) is 19.2 Å². The van der Waals surface area contributed by atoms with Crippen LogP contribution in [0.1, 0.15) is 24.0 Å². The normalized spacial score (nSPS) is 10.6. The molecule has 0 aliphatic carbocycles. The number of hydrogen-bond donors (Lipinski definition) is 2. The molecule has 0 heterocycles. The van der Waals surface area contributed by atoms with Crippen molar-refractivity contribution in [2.45, 2.75) is 19.8 Å². The Morgan fingerprint density at radius 2 is 1.75 bits per heavy atom. The third-order valence-corrected chi connectivity index (χ3v) is 4.36. The van der Waals surface area contributed by atoms with Gasteiger partial charge >= 0.3 is 0 Å². The molecule has 0 aliphatic rings. The highest BCUT2D eigenvalue weighted by Crippen LogP contribution is 2.35. The number of amides is 2. The molecule has 0 spiro atoms. The van der Waals surface area contributed by atoms with Crippen LogP contribution in [0.4, 0.5) is 5.69 Å². The summed E-state index contributed by atoms with van der Waals surface area (Å²) < 4.78 is 11.2. The van der Waals surface area contributed by atoms with E-state index in [1.807, 2.05) is 31.2 Å². The van der Waals surface area contributed by atoms with Crippen molar-refractivity contribution in [3.8, 4) is 11.5 Å². The Labute approximate surface area is 172 Å². The average molecular weight is 448 g/mol. The van der Waals surface area contributed by atoms with E-state index in [9.17, 15) is 9.59 Å². The van der Waals surface area contributed by atoms with Crippen LogP contribution in [0, 0.1) is 6.92 Å². The van der Waals surface area contributed by atoms with Crippen LogP contribution in [0.3, 0.4) is 0 Å². The van der Waals surface area contributed by atoms with Crippen LogP contribution in [0.5, 0.6) is 11.5 Å². The number of rotatable bonds is 8. The summed E-state index contributed by atoms with van der Waals surface area (Å²) in [5.41, 5.74) is 4.93. The van der Waals surface area contributed by atoms with Crippen molar-refractivity contribution in [1.29, 1.82) is 0 Å². The Morgan fingerprint density at radius 1 is 1.07 bits per heavy atom. The van der Waals surface area contributed by atoms with Crippen LogP contribution >= 0.6 is 15.9 Å². The minimum atomic E-state index is -0.352. The zero-order chi connectivity index (χ0) is 20.5. The molecule has 2 N–H and O–H groups in total. The highest BCUT2D eigenvalue weighted by molar-refractivity contribution is 9.10. The largest absolute Gasteiger partial charge is 0.493 e. The van der Waals surface area contributed by atoms with Crippen molar-refractivity contribution in [3.05, 3.63) is 52.0 Å². The maximum Gasteiger partial charge on any atom is 0.240 e. The highest BCUT2D eigenvalue weighted by atomic mass is 79.9. The minimum absolute atomic E-state index is 0.0324. The lowest BCUT2D eigenvalue weighted by Gasteiger charge is -2.10. The number of hydrogen-bond acceptors (Lipinski definition) is 5. The van der Waals surface area contributed by atoms with Gasteiger partial charge in [-0.1, -0.05) is 17.7 Å². The summed E-state index contributed by atoms with van der Waals surface area (Å²) in [5.74, 6) is 0.530. The molecular formula is C20H22BrN3O4. The molecular weight excluding hydrogens is 426 g/mol. The molecule has 0 unspecified atom stereocenters. The second kappa shape index (κ2) is 10.5. The predicted octanol–water partition coefficient (Wildman–Crippen LogP) is 3.64. The molecule has 0 radical (unpaired) electrons. The van der Waals surface area contributed by atoms with Crippen LogP contribution in [-0.2, 0) is 9.59 Å². The van der Waals surface area contributed by atoms with Crippen molar-refractivity contribution in [3.63, 3.8) is 0 Å². The quantitative estimate of drug-likeness (QED) is 0.477.